The highest BCUT2D eigenvalue weighted by Crippen LogP contribution is 2.32. The first-order valence-corrected chi connectivity index (χ1v) is 7.52. The van der Waals surface area contributed by atoms with E-state index in [1.54, 1.807) is 31.3 Å². The Morgan fingerprint density at radius 3 is 2.29 bits per heavy atom. The Kier molecular flexibility index (Phi) is 4.65. The van der Waals surface area contributed by atoms with Crippen LogP contribution in [0.2, 0.25) is 5.02 Å². The van der Waals surface area contributed by atoms with E-state index in [0.29, 0.717) is 21.2 Å². The molecule has 0 unspecified atom stereocenters. The number of thiophene rings is 1. The van der Waals surface area contributed by atoms with Crippen LogP contribution in [0.15, 0.2) is 24.3 Å². The molecule has 0 fully saturated rings. The normalized spacial score (nSPS) is 10.3. The molecule has 0 saturated heterocycles. The lowest BCUT2D eigenvalue weighted by molar-refractivity contribution is 0.0963. The van der Waals surface area contributed by atoms with Gasteiger partial charge in [-0.05, 0) is 43.7 Å². The van der Waals surface area contributed by atoms with Crippen LogP contribution in [0.4, 0.5) is 5.00 Å². The van der Waals surface area contributed by atoms with Gasteiger partial charge in [-0.15, -0.1) is 11.3 Å². The molecule has 0 atom stereocenters. The average Bonchev–Trinajstić information content (AvgIpc) is 2.73. The summed E-state index contributed by atoms with van der Waals surface area (Å²) in [6, 6.07) is 6.59. The second kappa shape index (κ2) is 6.28. The van der Waals surface area contributed by atoms with Gasteiger partial charge in [-0.3, -0.25) is 9.59 Å². The van der Waals surface area contributed by atoms with Gasteiger partial charge in [0.1, 0.15) is 5.00 Å². The van der Waals surface area contributed by atoms with Crippen molar-refractivity contribution in [3.63, 3.8) is 0 Å². The van der Waals surface area contributed by atoms with E-state index in [4.69, 9.17) is 11.6 Å². The van der Waals surface area contributed by atoms with Gasteiger partial charge in [0.15, 0.2) is 0 Å². The lowest BCUT2D eigenvalue weighted by Gasteiger charge is -2.06. The van der Waals surface area contributed by atoms with E-state index in [-0.39, 0.29) is 11.8 Å². The minimum absolute atomic E-state index is 0.205. The molecule has 1 heterocycles. The third kappa shape index (κ3) is 3.25. The van der Waals surface area contributed by atoms with Crippen LogP contribution in [0.3, 0.4) is 0 Å². The van der Waals surface area contributed by atoms with Crippen LogP contribution in [0.1, 0.15) is 31.2 Å². The summed E-state index contributed by atoms with van der Waals surface area (Å²) < 4.78 is 0. The van der Waals surface area contributed by atoms with E-state index < -0.39 is 0 Å². The fourth-order valence-electron chi connectivity index (χ4n) is 1.89. The van der Waals surface area contributed by atoms with E-state index in [9.17, 15) is 9.59 Å². The molecule has 0 spiro atoms. The number of hydrogen-bond acceptors (Lipinski definition) is 3. The summed E-state index contributed by atoms with van der Waals surface area (Å²) in [4.78, 5) is 25.2. The first kappa shape index (κ1) is 15.5. The number of hydrogen-bond donors (Lipinski definition) is 2. The van der Waals surface area contributed by atoms with Gasteiger partial charge < -0.3 is 10.6 Å². The fraction of sp³-hybridized carbons (Fsp3) is 0.200. The van der Waals surface area contributed by atoms with Crippen LogP contribution in [0.5, 0.6) is 0 Å². The first-order chi connectivity index (χ1) is 9.93. The molecule has 2 amide bonds. The maximum atomic E-state index is 12.2. The van der Waals surface area contributed by atoms with Crippen molar-refractivity contribution < 1.29 is 9.59 Å². The minimum atomic E-state index is -0.266. The number of halogens is 1. The minimum Gasteiger partial charge on any atom is -0.355 e. The second-order valence-electron chi connectivity index (χ2n) is 4.53. The zero-order valence-corrected chi connectivity index (χ0v) is 13.5. The highest BCUT2D eigenvalue weighted by atomic mass is 35.5. The molecule has 4 nitrogen and oxygen atoms in total. The summed E-state index contributed by atoms with van der Waals surface area (Å²) >= 11 is 7.20. The third-order valence-corrected chi connectivity index (χ3v) is 4.55. The molecule has 2 aromatic rings. The molecule has 1 aromatic carbocycles. The average molecular weight is 323 g/mol. The molecule has 0 aliphatic heterocycles. The summed E-state index contributed by atoms with van der Waals surface area (Å²) in [6.45, 7) is 3.79. The summed E-state index contributed by atoms with van der Waals surface area (Å²) in [5.41, 5.74) is 1.89. The lowest BCUT2D eigenvalue weighted by Crippen LogP contribution is -2.21. The Hall–Kier alpha value is -1.85. The standard InChI is InChI=1S/C15H15ClN2O2S/c1-8-9(2)21-15(12(8)14(20)17-3)18-13(19)10-4-6-11(16)7-5-10/h4-7H,1-3H3,(H,17,20)(H,18,19). The summed E-state index contributed by atoms with van der Waals surface area (Å²) in [6.07, 6.45) is 0. The van der Waals surface area contributed by atoms with Gasteiger partial charge in [0, 0.05) is 22.5 Å². The molecule has 21 heavy (non-hydrogen) atoms. The zero-order chi connectivity index (χ0) is 15.6. The molecule has 0 aliphatic carbocycles. The van der Waals surface area contributed by atoms with Crippen molar-refractivity contribution in [2.45, 2.75) is 13.8 Å². The molecule has 110 valence electrons. The highest BCUT2D eigenvalue weighted by Gasteiger charge is 2.20. The van der Waals surface area contributed by atoms with E-state index in [1.807, 2.05) is 13.8 Å². The predicted molar refractivity (Wildman–Crippen MR) is 86.6 cm³/mol. The van der Waals surface area contributed by atoms with E-state index in [1.165, 1.54) is 11.3 Å². The number of rotatable bonds is 3. The van der Waals surface area contributed by atoms with E-state index in [0.717, 1.165) is 10.4 Å². The van der Waals surface area contributed by atoms with Crippen LogP contribution in [0.25, 0.3) is 0 Å². The third-order valence-electron chi connectivity index (χ3n) is 3.17. The molecule has 0 radical (unpaired) electrons. The van der Waals surface area contributed by atoms with Crippen LogP contribution in [-0.4, -0.2) is 18.9 Å². The molecular formula is C15H15ClN2O2S. The number of amides is 2. The van der Waals surface area contributed by atoms with Gasteiger partial charge in [-0.2, -0.15) is 0 Å². The number of nitrogens with one attached hydrogen (secondary N) is 2. The quantitative estimate of drug-likeness (QED) is 0.906. The fourth-order valence-corrected chi connectivity index (χ4v) is 3.07. The Labute approximate surface area is 132 Å². The Morgan fingerprint density at radius 2 is 1.71 bits per heavy atom. The second-order valence-corrected chi connectivity index (χ2v) is 6.19. The zero-order valence-electron chi connectivity index (χ0n) is 11.9. The van der Waals surface area contributed by atoms with Crippen LogP contribution in [-0.2, 0) is 0 Å². The number of aryl methyl sites for hydroxylation is 1. The largest absolute Gasteiger partial charge is 0.355 e. The number of carbonyl (C=O) groups excluding carboxylic acids is 2. The van der Waals surface area contributed by atoms with E-state index >= 15 is 0 Å². The highest BCUT2D eigenvalue weighted by molar-refractivity contribution is 7.16. The predicted octanol–water partition coefficient (Wildman–Crippen LogP) is 3.63. The first-order valence-electron chi connectivity index (χ1n) is 6.33. The van der Waals surface area contributed by atoms with E-state index in [2.05, 4.69) is 10.6 Å². The Morgan fingerprint density at radius 1 is 1.10 bits per heavy atom. The Balaban J connectivity index is 2.31. The molecule has 0 bridgehead atoms. The van der Waals surface area contributed by atoms with Crippen molar-refractivity contribution in [2.75, 3.05) is 12.4 Å². The van der Waals surface area contributed by atoms with Gasteiger partial charge in [0.2, 0.25) is 0 Å². The van der Waals surface area contributed by atoms with Gasteiger partial charge in [0.05, 0.1) is 5.56 Å². The molecule has 0 saturated carbocycles. The van der Waals surface area contributed by atoms with Crippen molar-refractivity contribution in [3.8, 4) is 0 Å². The Bertz CT molecular complexity index is 692. The summed E-state index contributed by atoms with van der Waals surface area (Å²) in [5, 5.41) is 6.52. The molecular weight excluding hydrogens is 308 g/mol. The summed E-state index contributed by atoms with van der Waals surface area (Å²) in [7, 11) is 1.57. The monoisotopic (exact) mass is 322 g/mol. The lowest BCUT2D eigenvalue weighted by atomic mass is 10.1. The maximum Gasteiger partial charge on any atom is 0.256 e. The number of carbonyl (C=O) groups is 2. The van der Waals surface area contributed by atoms with Crippen molar-refractivity contribution in [3.05, 3.63) is 50.9 Å². The summed E-state index contributed by atoms with van der Waals surface area (Å²) in [5.74, 6) is -0.471. The number of anilines is 1. The van der Waals surface area contributed by atoms with Crippen LogP contribution < -0.4 is 10.6 Å². The van der Waals surface area contributed by atoms with Crippen molar-refractivity contribution in [2.24, 2.45) is 0 Å². The van der Waals surface area contributed by atoms with Crippen molar-refractivity contribution in [1.82, 2.24) is 5.32 Å². The molecule has 0 aliphatic rings. The number of benzene rings is 1. The van der Waals surface area contributed by atoms with Crippen molar-refractivity contribution >= 4 is 39.8 Å². The molecule has 1 aromatic heterocycles. The maximum absolute atomic E-state index is 12.2. The molecule has 2 N–H and O–H groups in total. The van der Waals surface area contributed by atoms with Gasteiger partial charge in [0.25, 0.3) is 11.8 Å². The van der Waals surface area contributed by atoms with Crippen LogP contribution >= 0.6 is 22.9 Å². The van der Waals surface area contributed by atoms with Gasteiger partial charge >= 0.3 is 0 Å². The van der Waals surface area contributed by atoms with Crippen LogP contribution in [0, 0.1) is 13.8 Å². The molecule has 2 rings (SSSR count). The van der Waals surface area contributed by atoms with Gasteiger partial charge in [-0.1, -0.05) is 11.6 Å². The van der Waals surface area contributed by atoms with Gasteiger partial charge in [-0.25, -0.2) is 0 Å². The topological polar surface area (TPSA) is 58.2 Å². The SMILES string of the molecule is CNC(=O)c1c(NC(=O)c2ccc(Cl)cc2)sc(C)c1C. The van der Waals surface area contributed by atoms with Crippen molar-refractivity contribution in [1.29, 1.82) is 0 Å². The smallest absolute Gasteiger partial charge is 0.256 e. The molecule has 6 heteroatoms.